The van der Waals surface area contributed by atoms with Gasteiger partial charge >= 0.3 is 0 Å². The van der Waals surface area contributed by atoms with E-state index in [1.807, 2.05) is 12.4 Å². The standard InChI is InChI=1S/C22H32N4O3/c1-2-3-10-23-22-25-14-19-20(26-22)18(15-4-6-16(27)7-5-15)13-24-21(19)29-17-8-11-28-12-9-17/h13-17,27H,2-12H2,1H3,(H,23,25,26)/t15-,16-. The molecule has 2 aromatic heterocycles. The molecule has 4 rings (SSSR count). The molecular formula is C22H32N4O3. The first kappa shape index (κ1) is 20.3. The highest BCUT2D eigenvalue weighted by molar-refractivity contribution is 5.86. The summed E-state index contributed by atoms with van der Waals surface area (Å²) in [6, 6.07) is 0. The fourth-order valence-electron chi connectivity index (χ4n) is 4.21. The maximum Gasteiger partial charge on any atom is 0.224 e. The van der Waals surface area contributed by atoms with E-state index in [-0.39, 0.29) is 12.2 Å². The number of ether oxygens (including phenoxy) is 2. The Morgan fingerprint density at radius 2 is 1.90 bits per heavy atom. The Balaban J connectivity index is 1.65. The van der Waals surface area contributed by atoms with E-state index in [1.54, 1.807) is 0 Å². The average Bonchev–Trinajstić information content (AvgIpc) is 2.75. The highest BCUT2D eigenvalue weighted by atomic mass is 16.5. The van der Waals surface area contributed by atoms with Crippen molar-refractivity contribution in [3.63, 3.8) is 0 Å². The zero-order chi connectivity index (χ0) is 20.1. The van der Waals surface area contributed by atoms with Crippen molar-refractivity contribution in [1.82, 2.24) is 15.0 Å². The normalized spacial score (nSPS) is 23.2. The summed E-state index contributed by atoms with van der Waals surface area (Å²) in [6.45, 7) is 4.49. The molecule has 2 aromatic rings. The highest BCUT2D eigenvalue weighted by Gasteiger charge is 2.25. The van der Waals surface area contributed by atoms with E-state index in [0.29, 0.717) is 17.7 Å². The van der Waals surface area contributed by atoms with E-state index >= 15 is 0 Å². The van der Waals surface area contributed by atoms with E-state index in [9.17, 15) is 5.11 Å². The van der Waals surface area contributed by atoms with Crippen LogP contribution in [0.3, 0.4) is 0 Å². The van der Waals surface area contributed by atoms with Crippen molar-refractivity contribution in [3.05, 3.63) is 18.0 Å². The number of hydrogen-bond donors (Lipinski definition) is 2. The maximum atomic E-state index is 9.90. The van der Waals surface area contributed by atoms with Crippen molar-refractivity contribution in [1.29, 1.82) is 0 Å². The molecule has 1 saturated heterocycles. The van der Waals surface area contributed by atoms with Crippen LogP contribution in [0.15, 0.2) is 12.4 Å². The third kappa shape index (κ3) is 4.95. The number of nitrogens with zero attached hydrogens (tertiary/aromatic N) is 3. The highest BCUT2D eigenvalue weighted by Crippen LogP contribution is 2.38. The van der Waals surface area contributed by atoms with Crippen LogP contribution in [0.25, 0.3) is 10.9 Å². The van der Waals surface area contributed by atoms with Crippen LogP contribution >= 0.6 is 0 Å². The molecule has 7 heteroatoms. The summed E-state index contributed by atoms with van der Waals surface area (Å²) in [7, 11) is 0. The Hall–Kier alpha value is -1.99. The fourth-order valence-corrected chi connectivity index (χ4v) is 4.21. The molecule has 0 aromatic carbocycles. The number of nitrogens with one attached hydrogen (secondary N) is 1. The van der Waals surface area contributed by atoms with E-state index in [2.05, 4.69) is 22.2 Å². The van der Waals surface area contributed by atoms with Crippen LogP contribution < -0.4 is 10.1 Å². The van der Waals surface area contributed by atoms with Crippen molar-refractivity contribution < 1.29 is 14.6 Å². The maximum absolute atomic E-state index is 9.90. The quantitative estimate of drug-likeness (QED) is 0.683. The number of aliphatic hydroxyl groups is 1. The van der Waals surface area contributed by atoms with Gasteiger partial charge in [0.25, 0.3) is 0 Å². The summed E-state index contributed by atoms with van der Waals surface area (Å²) in [6.07, 6.45) is 11.3. The number of hydrogen-bond acceptors (Lipinski definition) is 7. The molecule has 3 heterocycles. The number of anilines is 1. The largest absolute Gasteiger partial charge is 0.474 e. The van der Waals surface area contributed by atoms with Crippen molar-refractivity contribution in [2.24, 2.45) is 0 Å². The molecule has 0 radical (unpaired) electrons. The molecule has 7 nitrogen and oxygen atoms in total. The van der Waals surface area contributed by atoms with Crippen molar-refractivity contribution in [3.8, 4) is 5.88 Å². The number of fused-ring (bicyclic) bond motifs is 1. The molecule has 0 atom stereocenters. The summed E-state index contributed by atoms with van der Waals surface area (Å²) in [4.78, 5) is 14.1. The van der Waals surface area contributed by atoms with Gasteiger partial charge in [-0.25, -0.2) is 15.0 Å². The molecule has 1 saturated carbocycles. The first-order valence-electron chi connectivity index (χ1n) is 11.1. The summed E-state index contributed by atoms with van der Waals surface area (Å²) >= 11 is 0. The Morgan fingerprint density at radius 3 is 2.66 bits per heavy atom. The number of unbranched alkanes of at least 4 members (excludes halogenated alkanes) is 1. The van der Waals surface area contributed by atoms with Gasteiger partial charge in [-0.2, -0.15) is 0 Å². The second-order valence-electron chi connectivity index (χ2n) is 8.19. The van der Waals surface area contributed by atoms with Gasteiger partial charge in [0.2, 0.25) is 11.8 Å². The molecule has 2 aliphatic rings. The lowest BCUT2D eigenvalue weighted by Gasteiger charge is -2.27. The van der Waals surface area contributed by atoms with Crippen LogP contribution in [0.5, 0.6) is 5.88 Å². The molecule has 1 aliphatic carbocycles. The van der Waals surface area contributed by atoms with Crippen molar-refractivity contribution in [2.45, 2.75) is 76.4 Å². The Morgan fingerprint density at radius 1 is 1.10 bits per heavy atom. The monoisotopic (exact) mass is 400 g/mol. The number of aromatic nitrogens is 3. The Labute approximate surface area is 172 Å². The third-order valence-corrected chi connectivity index (χ3v) is 6.01. The first-order chi connectivity index (χ1) is 14.2. The molecule has 0 bridgehead atoms. The SMILES string of the molecule is CCCCNc1ncc2c(OC3CCOCC3)ncc([C@H]3CC[C@H](O)CC3)c2n1. The topological polar surface area (TPSA) is 89.4 Å². The van der Waals surface area contributed by atoms with Crippen molar-refractivity contribution >= 4 is 16.9 Å². The molecule has 0 amide bonds. The minimum Gasteiger partial charge on any atom is -0.474 e. The Bertz CT molecular complexity index is 802. The van der Waals surface area contributed by atoms with Gasteiger partial charge in [0, 0.05) is 37.3 Å². The fraction of sp³-hybridized carbons (Fsp3) is 0.682. The van der Waals surface area contributed by atoms with Crippen LogP contribution in [0.2, 0.25) is 0 Å². The van der Waals surface area contributed by atoms with Gasteiger partial charge < -0.3 is 19.9 Å². The van der Waals surface area contributed by atoms with Crippen LogP contribution in [0.4, 0.5) is 5.95 Å². The number of aliphatic hydroxyl groups excluding tert-OH is 1. The summed E-state index contributed by atoms with van der Waals surface area (Å²) in [5.41, 5.74) is 2.07. The lowest BCUT2D eigenvalue weighted by atomic mass is 9.83. The molecule has 0 unspecified atom stereocenters. The van der Waals surface area contributed by atoms with E-state index in [1.165, 1.54) is 0 Å². The summed E-state index contributed by atoms with van der Waals surface area (Å²) in [5, 5.41) is 14.1. The minimum absolute atomic E-state index is 0.123. The van der Waals surface area contributed by atoms with Gasteiger partial charge in [0.05, 0.1) is 30.2 Å². The number of pyridine rings is 1. The van der Waals surface area contributed by atoms with Crippen LogP contribution in [0, 0.1) is 0 Å². The van der Waals surface area contributed by atoms with E-state index < -0.39 is 0 Å². The first-order valence-corrected chi connectivity index (χ1v) is 11.1. The number of rotatable bonds is 7. The van der Waals surface area contributed by atoms with Gasteiger partial charge in [0.15, 0.2) is 0 Å². The predicted octanol–water partition coefficient (Wildman–Crippen LogP) is 3.81. The second-order valence-corrected chi connectivity index (χ2v) is 8.19. The molecule has 2 N–H and O–H groups in total. The van der Waals surface area contributed by atoms with Gasteiger partial charge in [-0.3, -0.25) is 0 Å². The van der Waals surface area contributed by atoms with Crippen LogP contribution in [-0.2, 0) is 4.74 Å². The van der Waals surface area contributed by atoms with Gasteiger partial charge in [-0.05, 0) is 38.0 Å². The summed E-state index contributed by atoms with van der Waals surface area (Å²) in [5.74, 6) is 1.64. The minimum atomic E-state index is -0.178. The molecule has 2 fully saturated rings. The average molecular weight is 401 g/mol. The molecule has 0 spiro atoms. The smallest absolute Gasteiger partial charge is 0.224 e. The zero-order valence-corrected chi connectivity index (χ0v) is 17.3. The molecule has 1 aliphatic heterocycles. The Kier molecular flexibility index (Phi) is 6.77. The van der Waals surface area contributed by atoms with Gasteiger partial charge in [-0.1, -0.05) is 13.3 Å². The molecule has 158 valence electrons. The predicted molar refractivity (Wildman–Crippen MR) is 112 cm³/mol. The molecular weight excluding hydrogens is 368 g/mol. The lowest BCUT2D eigenvalue weighted by Crippen LogP contribution is -2.26. The summed E-state index contributed by atoms with van der Waals surface area (Å²) < 4.78 is 11.7. The van der Waals surface area contributed by atoms with Gasteiger partial charge in [0.1, 0.15) is 6.10 Å². The third-order valence-electron chi connectivity index (χ3n) is 6.01. The van der Waals surface area contributed by atoms with E-state index in [0.717, 1.165) is 87.6 Å². The zero-order valence-electron chi connectivity index (χ0n) is 17.3. The van der Waals surface area contributed by atoms with Crippen molar-refractivity contribution in [2.75, 3.05) is 25.1 Å². The lowest BCUT2D eigenvalue weighted by molar-refractivity contribution is 0.0244. The van der Waals surface area contributed by atoms with Crippen LogP contribution in [-0.4, -0.2) is 52.0 Å². The van der Waals surface area contributed by atoms with Gasteiger partial charge in [-0.15, -0.1) is 0 Å². The van der Waals surface area contributed by atoms with E-state index in [4.69, 9.17) is 14.5 Å². The second kappa shape index (κ2) is 9.67. The molecule has 29 heavy (non-hydrogen) atoms. The van der Waals surface area contributed by atoms with Crippen LogP contribution in [0.1, 0.15) is 69.8 Å².